The number of anilines is 1. The van der Waals surface area contributed by atoms with Gasteiger partial charge in [-0.1, -0.05) is 6.07 Å². The largest absolute Gasteiger partial charge is 0.496 e. The number of halogens is 1. The fourth-order valence-corrected chi connectivity index (χ4v) is 1.96. The Bertz CT molecular complexity index is 481. The van der Waals surface area contributed by atoms with E-state index in [-0.39, 0.29) is 0 Å². The van der Waals surface area contributed by atoms with Crippen LogP contribution < -0.4 is 10.5 Å². The standard InChI is InChI=1S/C10H10BrN3O/c1-15-8-4-2-3-6(11)10(8)7-5-9(12)14-13-7/h2-5H,1H3,(H3,12,13,14). The molecule has 0 aliphatic carbocycles. The molecule has 1 aromatic carbocycles. The van der Waals surface area contributed by atoms with Gasteiger partial charge in [-0.05, 0) is 28.1 Å². The van der Waals surface area contributed by atoms with Crippen LogP contribution in [0, 0.1) is 0 Å². The maximum absolute atomic E-state index is 5.56. The lowest BCUT2D eigenvalue weighted by molar-refractivity contribution is 0.416. The Morgan fingerprint density at radius 1 is 1.47 bits per heavy atom. The van der Waals surface area contributed by atoms with Crippen molar-refractivity contribution in [1.82, 2.24) is 10.2 Å². The Hall–Kier alpha value is -1.49. The highest BCUT2D eigenvalue weighted by atomic mass is 79.9. The zero-order chi connectivity index (χ0) is 10.8. The third kappa shape index (κ3) is 1.83. The molecule has 1 heterocycles. The summed E-state index contributed by atoms with van der Waals surface area (Å²) in [4.78, 5) is 0. The van der Waals surface area contributed by atoms with Crippen LogP contribution in [-0.4, -0.2) is 17.3 Å². The number of nitrogens with two attached hydrogens (primary N) is 1. The van der Waals surface area contributed by atoms with Crippen LogP contribution in [0.2, 0.25) is 0 Å². The molecule has 78 valence electrons. The summed E-state index contributed by atoms with van der Waals surface area (Å²) >= 11 is 3.47. The zero-order valence-corrected chi connectivity index (χ0v) is 9.71. The number of aromatic amines is 1. The first kappa shape index (κ1) is 10.0. The van der Waals surface area contributed by atoms with E-state index in [0.29, 0.717) is 5.82 Å². The Morgan fingerprint density at radius 3 is 2.87 bits per heavy atom. The summed E-state index contributed by atoms with van der Waals surface area (Å²) in [6.45, 7) is 0. The molecule has 0 aliphatic rings. The number of nitrogens with zero attached hydrogens (tertiary/aromatic N) is 1. The monoisotopic (exact) mass is 267 g/mol. The Kier molecular flexibility index (Phi) is 2.64. The van der Waals surface area contributed by atoms with Crippen LogP contribution in [-0.2, 0) is 0 Å². The van der Waals surface area contributed by atoms with Gasteiger partial charge in [0.25, 0.3) is 0 Å². The van der Waals surface area contributed by atoms with E-state index in [9.17, 15) is 0 Å². The van der Waals surface area contributed by atoms with Crippen molar-refractivity contribution in [3.63, 3.8) is 0 Å². The van der Waals surface area contributed by atoms with Crippen molar-refractivity contribution >= 4 is 21.7 Å². The van der Waals surface area contributed by atoms with Gasteiger partial charge >= 0.3 is 0 Å². The fourth-order valence-electron chi connectivity index (χ4n) is 1.40. The smallest absolute Gasteiger partial charge is 0.145 e. The van der Waals surface area contributed by atoms with Crippen molar-refractivity contribution in [3.05, 3.63) is 28.7 Å². The molecule has 0 saturated carbocycles. The van der Waals surface area contributed by atoms with Gasteiger partial charge in [0.05, 0.1) is 18.4 Å². The lowest BCUT2D eigenvalue weighted by Crippen LogP contribution is -1.89. The summed E-state index contributed by atoms with van der Waals surface area (Å²) in [6.07, 6.45) is 0. The van der Waals surface area contributed by atoms with E-state index in [1.165, 1.54) is 0 Å². The fraction of sp³-hybridized carbons (Fsp3) is 0.100. The van der Waals surface area contributed by atoms with Gasteiger partial charge in [0.2, 0.25) is 0 Å². The van der Waals surface area contributed by atoms with Crippen LogP contribution in [0.1, 0.15) is 0 Å². The Balaban J connectivity index is 2.60. The van der Waals surface area contributed by atoms with E-state index in [1.807, 2.05) is 18.2 Å². The minimum absolute atomic E-state index is 0.461. The second-order valence-electron chi connectivity index (χ2n) is 3.02. The molecule has 2 aromatic rings. The molecule has 0 radical (unpaired) electrons. The molecule has 4 nitrogen and oxygen atoms in total. The number of H-pyrrole nitrogens is 1. The molecule has 2 rings (SSSR count). The third-order valence-electron chi connectivity index (χ3n) is 2.06. The molecule has 5 heteroatoms. The highest BCUT2D eigenvalue weighted by Crippen LogP contribution is 2.35. The average Bonchev–Trinajstić information content (AvgIpc) is 2.64. The number of hydrogen-bond donors (Lipinski definition) is 2. The summed E-state index contributed by atoms with van der Waals surface area (Å²) in [7, 11) is 1.63. The van der Waals surface area contributed by atoms with Crippen LogP contribution in [0.15, 0.2) is 28.7 Å². The van der Waals surface area contributed by atoms with Gasteiger partial charge in [0, 0.05) is 10.5 Å². The van der Waals surface area contributed by atoms with E-state index < -0.39 is 0 Å². The zero-order valence-electron chi connectivity index (χ0n) is 8.12. The second kappa shape index (κ2) is 3.94. The molecule has 0 fully saturated rings. The number of ether oxygens (including phenoxy) is 1. The first-order chi connectivity index (χ1) is 7.22. The number of hydrogen-bond acceptors (Lipinski definition) is 3. The molecule has 0 bridgehead atoms. The maximum atomic E-state index is 5.56. The van der Waals surface area contributed by atoms with Gasteiger partial charge in [-0.2, -0.15) is 5.10 Å². The van der Waals surface area contributed by atoms with Gasteiger partial charge in [-0.25, -0.2) is 0 Å². The summed E-state index contributed by atoms with van der Waals surface area (Å²) in [5.41, 5.74) is 7.31. The minimum atomic E-state index is 0.461. The summed E-state index contributed by atoms with van der Waals surface area (Å²) in [5, 5.41) is 6.74. The van der Waals surface area contributed by atoms with Crippen LogP contribution in [0.3, 0.4) is 0 Å². The first-order valence-corrected chi connectivity index (χ1v) is 5.15. The van der Waals surface area contributed by atoms with E-state index >= 15 is 0 Å². The van der Waals surface area contributed by atoms with Gasteiger partial charge in [-0.15, -0.1) is 0 Å². The van der Waals surface area contributed by atoms with Crippen LogP contribution in [0.4, 0.5) is 5.82 Å². The molecule has 0 aliphatic heterocycles. The second-order valence-corrected chi connectivity index (χ2v) is 3.88. The van der Waals surface area contributed by atoms with E-state index in [0.717, 1.165) is 21.5 Å². The van der Waals surface area contributed by atoms with Gasteiger partial charge in [-0.3, -0.25) is 5.10 Å². The van der Waals surface area contributed by atoms with Gasteiger partial charge in [0.15, 0.2) is 0 Å². The van der Waals surface area contributed by atoms with Gasteiger partial charge < -0.3 is 10.5 Å². The Labute approximate surface area is 95.6 Å². The van der Waals surface area contributed by atoms with E-state index in [4.69, 9.17) is 10.5 Å². The van der Waals surface area contributed by atoms with Gasteiger partial charge in [0.1, 0.15) is 11.6 Å². The van der Waals surface area contributed by atoms with Crippen molar-refractivity contribution in [2.24, 2.45) is 0 Å². The normalized spacial score (nSPS) is 10.3. The minimum Gasteiger partial charge on any atom is -0.496 e. The highest BCUT2D eigenvalue weighted by molar-refractivity contribution is 9.10. The van der Waals surface area contributed by atoms with Crippen LogP contribution >= 0.6 is 15.9 Å². The number of nitrogen functional groups attached to an aromatic ring is 1. The molecule has 0 saturated heterocycles. The van der Waals surface area contributed by atoms with Crippen molar-refractivity contribution < 1.29 is 4.74 Å². The number of nitrogens with one attached hydrogen (secondary N) is 1. The number of aromatic nitrogens is 2. The number of benzene rings is 1. The molecule has 0 atom stereocenters. The van der Waals surface area contributed by atoms with E-state index in [2.05, 4.69) is 26.1 Å². The molecule has 0 unspecified atom stereocenters. The predicted octanol–water partition coefficient (Wildman–Crippen LogP) is 2.43. The quantitative estimate of drug-likeness (QED) is 0.879. The highest BCUT2D eigenvalue weighted by Gasteiger charge is 2.11. The van der Waals surface area contributed by atoms with Crippen molar-refractivity contribution in [2.45, 2.75) is 0 Å². The van der Waals surface area contributed by atoms with Crippen molar-refractivity contribution in [3.8, 4) is 17.0 Å². The van der Waals surface area contributed by atoms with Crippen LogP contribution in [0.5, 0.6) is 5.75 Å². The predicted molar refractivity (Wildman–Crippen MR) is 62.7 cm³/mol. The first-order valence-electron chi connectivity index (χ1n) is 4.36. The lowest BCUT2D eigenvalue weighted by atomic mass is 10.1. The third-order valence-corrected chi connectivity index (χ3v) is 2.72. The maximum Gasteiger partial charge on any atom is 0.145 e. The molecular formula is C10H10BrN3O. The Morgan fingerprint density at radius 2 is 2.27 bits per heavy atom. The van der Waals surface area contributed by atoms with E-state index in [1.54, 1.807) is 13.2 Å². The summed E-state index contributed by atoms with van der Waals surface area (Å²) in [6, 6.07) is 7.50. The summed E-state index contributed by atoms with van der Waals surface area (Å²) in [5.74, 6) is 1.23. The molecular weight excluding hydrogens is 258 g/mol. The van der Waals surface area contributed by atoms with Crippen molar-refractivity contribution in [1.29, 1.82) is 0 Å². The van der Waals surface area contributed by atoms with Crippen molar-refractivity contribution in [2.75, 3.05) is 12.8 Å². The SMILES string of the molecule is COc1cccc(Br)c1-c1cc(N)n[nH]1. The average molecular weight is 268 g/mol. The summed E-state index contributed by atoms with van der Waals surface area (Å²) < 4.78 is 6.21. The molecule has 0 spiro atoms. The lowest BCUT2D eigenvalue weighted by Gasteiger charge is -2.07. The molecule has 0 amide bonds. The molecule has 1 aromatic heterocycles. The number of methoxy groups -OCH3 is 1. The topological polar surface area (TPSA) is 63.9 Å². The molecule has 15 heavy (non-hydrogen) atoms. The number of rotatable bonds is 2. The molecule has 3 N–H and O–H groups in total. The van der Waals surface area contributed by atoms with Crippen LogP contribution in [0.25, 0.3) is 11.3 Å².